The van der Waals surface area contributed by atoms with Crippen molar-refractivity contribution in [1.82, 2.24) is 4.90 Å². The Hall–Kier alpha value is -1.88. The van der Waals surface area contributed by atoms with Gasteiger partial charge < -0.3 is 9.47 Å². The third-order valence-electron chi connectivity index (χ3n) is 4.96. The fourth-order valence-electron chi connectivity index (χ4n) is 3.77. The van der Waals surface area contributed by atoms with Crippen LogP contribution in [0, 0.1) is 5.92 Å². The summed E-state index contributed by atoms with van der Waals surface area (Å²) in [6, 6.07) is 9.36. The number of carbonyl (C=O) groups is 2. The predicted octanol–water partition coefficient (Wildman–Crippen LogP) is 1.87. The van der Waals surface area contributed by atoms with E-state index in [9.17, 15) is 9.59 Å². The standard InChI is InChI=1S/C17H21NO4/c1-18-12-8-9-13(18)15(17(20)21-2)14(10-12)22-16(19)11-6-4-3-5-7-11/h3-7,12-15H,8-10H2,1-2H3/t12?,13?,14?,15-/m1/s1. The Kier molecular flexibility index (Phi) is 4.16. The van der Waals surface area contributed by atoms with Crippen LogP contribution < -0.4 is 0 Å². The summed E-state index contributed by atoms with van der Waals surface area (Å²) < 4.78 is 10.6. The lowest BCUT2D eigenvalue weighted by molar-refractivity contribution is -0.156. The van der Waals surface area contributed by atoms with Crippen molar-refractivity contribution in [2.45, 2.75) is 37.5 Å². The molecule has 1 aromatic carbocycles. The van der Waals surface area contributed by atoms with E-state index in [1.54, 1.807) is 24.3 Å². The lowest BCUT2D eigenvalue weighted by Gasteiger charge is -2.40. The first kappa shape index (κ1) is 15.0. The second kappa shape index (κ2) is 6.08. The summed E-state index contributed by atoms with van der Waals surface area (Å²) in [7, 11) is 3.42. The van der Waals surface area contributed by atoms with Crippen LogP contribution in [0.4, 0.5) is 0 Å². The molecule has 22 heavy (non-hydrogen) atoms. The van der Waals surface area contributed by atoms with Crippen LogP contribution in [0.25, 0.3) is 0 Å². The average molecular weight is 303 g/mol. The number of hydrogen-bond donors (Lipinski definition) is 0. The van der Waals surface area contributed by atoms with Gasteiger partial charge in [0.1, 0.15) is 12.0 Å². The van der Waals surface area contributed by atoms with Crippen molar-refractivity contribution < 1.29 is 19.1 Å². The van der Waals surface area contributed by atoms with Crippen LogP contribution in [0.5, 0.6) is 0 Å². The summed E-state index contributed by atoms with van der Waals surface area (Å²) in [4.78, 5) is 26.7. The molecule has 118 valence electrons. The van der Waals surface area contributed by atoms with Crippen LogP contribution >= 0.6 is 0 Å². The van der Waals surface area contributed by atoms with Crippen LogP contribution in [-0.2, 0) is 14.3 Å². The van der Waals surface area contributed by atoms with E-state index in [0.29, 0.717) is 18.0 Å². The lowest BCUT2D eigenvalue weighted by atomic mass is 9.87. The van der Waals surface area contributed by atoms with E-state index in [1.807, 2.05) is 13.1 Å². The highest BCUT2D eigenvalue weighted by Crippen LogP contribution is 2.40. The van der Waals surface area contributed by atoms with Gasteiger partial charge in [0.25, 0.3) is 0 Å². The van der Waals surface area contributed by atoms with Crippen molar-refractivity contribution in [2.24, 2.45) is 5.92 Å². The van der Waals surface area contributed by atoms with Crippen LogP contribution in [0.15, 0.2) is 30.3 Å². The molecule has 3 unspecified atom stereocenters. The Bertz CT molecular complexity index is 559. The molecule has 0 aromatic heterocycles. The van der Waals surface area contributed by atoms with Gasteiger partial charge in [-0.3, -0.25) is 9.69 Å². The van der Waals surface area contributed by atoms with Crippen molar-refractivity contribution in [3.63, 3.8) is 0 Å². The van der Waals surface area contributed by atoms with Gasteiger partial charge in [-0.05, 0) is 32.0 Å². The fraction of sp³-hybridized carbons (Fsp3) is 0.529. The number of ether oxygens (including phenoxy) is 2. The second-order valence-electron chi connectivity index (χ2n) is 6.06. The SMILES string of the molecule is COC(=O)[C@H]1C(OC(=O)c2ccccc2)CC2CCC1N2C. The maximum absolute atomic E-state index is 12.3. The molecular weight excluding hydrogens is 282 g/mol. The zero-order valence-electron chi connectivity index (χ0n) is 12.9. The Labute approximate surface area is 130 Å². The summed E-state index contributed by atoms with van der Waals surface area (Å²) in [5.41, 5.74) is 0.511. The van der Waals surface area contributed by atoms with Gasteiger partial charge in [-0.15, -0.1) is 0 Å². The summed E-state index contributed by atoms with van der Waals surface area (Å²) >= 11 is 0. The van der Waals surface area contributed by atoms with Crippen molar-refractivity contribution >= 4 is 11.9 Å². The zero-order chi connectivity index (χ0) is 15.7. The second-order valence-corrected chi connectivity index (χ2v) is 6.06. The number of hydrogen-bond acceptors (Lipinski definition) is 5. The zero-order valence-corrected chi connectivity index (χ0v) is 12.9. The molecule has 2 heterocycles. The molecule has 5 nitrogen and oxygen atoms in total. The number of piperidine rings is 1. The van der Waals surface area contributed by atoms with E-state index in [2.05, 4.69) is 4.90 Å². The van der Waals surface area contributed by atoms with E-state index in [1.165, 1.54) is 7.11 Å². The molecule has 4 atom stereocenters. The maximum atomic E-state index is 12.3. The normalized spacial score (nSPS) is 30.8. The molecule has 5 heteroatoms. The number of nitrogens with zero attached hydrogens (tertiary/aromatic N) is 1. The monoisotopic (exact) mass is 303 g/mol. The number of methoxy groups -OCH3 is 1. The van der Waals surface area contributed by atoms with Crippen molar-refractivity contribution in [3.05, 3.63) is 35.9 Å². The first-order valence-electron chi connectivity index (χ1n) is 7.67. The van der Waals surface area contributed by atoms with Crippen LogP contribution in [0.2, 0.25) is 0 Å². The molecule has 2 aliphatic rings. The van der Waals surface area contributed by atoms with E-state index in [-0.39, 0.29) is 18.0 Å². The molecule has 0 radical (unpaired) electrons. The van der Waals surface area contributed by atoms with Gasteiger partial charge in [0.2, 0.25) is 0 Å². The van der Waals surface area contributed by atoms with Crippen molar-refractivity contribution in [2.75, 3.05) is 14.2 Å². The Morgan fingerprint density at radius 3 is 2.59 bits per heavy atom. The van der Waals surface area contributed by atoms with E-state index in [4.69, 9.17) is 9.47 Å². The lowest BCUT2D eigenvalue weighted by Crippen LogP contribution is -2.53. The molecule has 1 aromatic rings. The fourth-order valence-corrected chi connectivity index (χ4v) is 3.77. The summed E-state index contributed by atoms with van der Waals surface area (Å²) in [5, 5.41) is 0. The summed E-state index contributed by atoms with van der Waals surface area (Å²) in [6.45, 7) is 0. The number of fused-ring (bicyclic) bond motifs is 2. The number of carbonyl (C=O) groups excluding carboxylic acids is 2. The molecule has 0 N–H and O–H groups in total. The Morgan fingerprint density at radius 2 is 1.91 bits per heavy atom. The smallest absolute Gasteiger partial charge is 0.338 e. The molecular formula is C17H21NO4. The van der Waals surface area contributed by atoms with Gasteiger partial charge in [-0.25, -0.2) is 4.79 Å². The van der Waals surface area contributed by atoms with Crippen LogP contribution in [0.1, 0.15) is 29.6 Å². The third kappa shape index (κ3) is 2.61. The van der Waals surface area contributed by atoms with Crippen LogP contribution in [0.3, 0.4) is 0 Å². The van der Waals surface area contributed by atoms with E-state index in [0.717, 1.165) is 12.8 Å². The third-order valence-corrected chi connectivity index (χ3v) is 4.96. The highest BCUT2D eigenvalue weighted by molar-refractivity contribution is 5.89. The molecule has 0 spiro atoms. The first-order chi connectivity index (χ1) is 10.6. The molecule has 0 saturated carbocycles. The topological polar surface area (TPSA) is 55.8 Å². The first-order valence-corrected chi connectivity index (χ1v) is 7.67. The minimum absolute atomic E-state index is 0.0970. The van der Waals surface area contributed by atoms with Crippen molar-refractivity contribution in [1.29, 1.82) is 0 Å². The highest BCUT2D eigenvalue weighted by Gasteiger charge is 2.50. The quantitative estimate of drug-likeness (QED) is 0.798. The number of rotatable bonds is 3. The highest BCUT2D eigenvalue weighted by atomic mass is 16.6. The van der Waals surface area contributed by atoms with Gasteiger partial charge in [0.05, 0.1) is 12.7 Å². The predicted molar refractivity (Wildman–Crippen MR) is 80.3 cm³/mol. The maximum Gasteiger partial charge on any atom is 0.338 e. The number of esters is 2. The van der Waals surface area contributed by atoms with Crippen LogP contribution in [-0.4, -0.2) is 49.2 Å². The molecule has 0 amide bonds. The molecule has 2 aliphatic heterocycles. The molecule has 0 aliphatic carbocycles. The van der Waals surface area contributed by atoms with Crippen molar-refractivity contribution in [3.8, 4) is 0 Å². The number of benzene rings is 1. The average Bonchev–Trinajstić information content (AvgIpc) is 2.78. The van der Waals surface area contributed by atoms with Gasteiger partial charge in [0, 0.05) is 18.5 Å². The largest absolute Gasteiger partial charge is 0.469 e. The minimum Gasteiger partial charge on any atom is -0.469 e. The van der Waals surface area contributed by atoms with E-state index >= 15 is 0 Å². The van der Waals surface area contributed by atoms with Gasteiger partial charge in [-0.2, -0.15) is 0 Å². The minimum atomic E-state index is -0.408. The Morgan fingerprint density at radius 1 is 1.18 bits per heavy atom. The Balaban J connectivity index is 1.79. The van der Waals surface area contributed by atoms with Gasteiger partial charge in [-0.1, -0.05) is 18.2 Å². The summed E-state index contributed by atoms with van der Waals surface area (Å²) in [5.74, 6) is -1.06. The molecule has 2 saturated heterocycles. The van der Waals surface area contributed by atoms with Gasteiger partial charge >= 0.3 is 11.9 Å². The summed E-state index contributed by atoms with van der Waals surface area (Å²) in [6.07, 6.45) is 2.26. The van der Waals surface area contributed by atoms with Gasteiger partial charge in [0.15, 0.2) is 0 Å². The van der Waals surface area contributed by atoms with E-state index < -0.39 is 12.0 Å². The molecule has 2 fully saturated rings. The molecule has 3 rings (SSSR count). The molecule has 2 bridgehead atoms.